The Kier molecular flexibility index (Phi) is 2.73. The van der Waals surface area contributed by atoms with E-state index < -0.39 is 0 Å². The third-order valence-electron chi connectivity index (χ3n) is 2.76. The second kappa shape index (κ2) is 3.44. The lowest BCUT2D eigenvalue weighted by atomic mass is 10.2. The summed E-state index contributed by atoms with van der Waals surface area (Å²) >= 11 is 0. The molecule has 1 fully saturated rings. The molecule has 0 aliphatic heterocycles. The maximum atomic E-state index is 11.6. The molecule has 3 heteroatoms. The van der Waals surface area contributed by atoms with Crippen LogP contribution in [-0.2, 0) is 4.79 Å². The van der Waals surface area contributed by atoms with Crippen LogP contribution in [0.3, 0.4) is 0 Å². The zero-order valence-electron chi connectivity index (χ0n) is 8.08. The molecule has 0 saturated heterocycles. The lowest BCUT2D eigenvalue weighted by Crippen LogP contribution is -2.36. The van der Waals surface area contributed by atoms with Gasteiger partial charge in [0.05, 0.1) is 5.92 Å². The number of nitrogens with zero attached hydrogens (tertiary/aromatic N) is 1. The number of hydrogen-bond acceptors (Lipinski definition) is 2. The number of nitrogens with two attached hydrogens (primary N) is 1. The Hall–Kier alpha value is -0.570. The molecular formula is C9H18N2O. The van der Waals surface area contributed by atoms with Gasteiger partial charge in [-0.1, -0.05) is 6.92 Å². The number of rotatable bonds is 3. The maximum absolute atomic E-state index is 11.6. The third-order valence-corrected chi connectivity index (χ3v) is 2.76. The van der Waals surface area contributed by atoms with Gasteiger partial charge in [-0.15, -0.1) is 0 Å². The van der Waals surface area contributed by atoms with Crippen molar-refractivity contribution in [3.63, 3.8) is 0 Å². The molecule has 1 saturated carbocycles. The van der Waals surface area contributed by atoms with Gasteiger partial charge in [0.15, 0.2) is 0 Å². The molecule has 3 nitrogen and oxygen atoms in total. The highest BCUT2D eigenvalue weighted by molar-refractivity contribution is 5.82. The van der Waals surface area contributed by atoms with E-state index in [1.807, 2.05) is 11.9 Å². The first-order chi connectivity index (χ1) is 5.57. The quantitative estimate of drug-likeness (QED) is 0.674. The smallest absolute Gasteiger partial charge is 0.227 e. The van der Waals surface area contributed by atoms with Crippen LogP contribution in [0.15, 0.2) is 0 Å². The second-order valence-corrected chi connectivity index (χ2v) is 3.71. The summed E-state index contributed by atoms with van der Waals surface area (Å²) in [7, 11) is 1.86. The summed E-state index contributed by atoms with van der Waals surface area (Å²) in [5.74, 6) is 0.334. The molecule has 0 radical (unpaired) electrons. The third kappa shape index (κ3) is 1.78. The van der Waals surface area contributed by atoms with Crippen LogP contribution in [0.25, 0.3) is 0 Å². The van der Waals surface area contributed by atoms with Crippen molar-refractivity contribution < 1.29 is 4.79 Å². The molecule has 0 heterocycles. The van der Waals surface area contributed by atoms with Gasteiger partial charge < -0.3 is 10.6 Å². The van der Waals surface area contributed by atoms with Crippen LogP contribution < -0.4 is 5.73 Å². The van der Waals surface area contributed by atoms with Crippen LogP contribution in [0, 0.1) is 5.92 Å². The fourth-order valence-corrected chi connectivity index (χ4v) is 1.25. The molecule has 2 N–H and O–H groups in total. The average molecular weight is 170 g/mol. The van der Waals surface area contributed by atoms with E-state index in [0.29, 0.717) is 6.04 Å². The molecule has 0 bridgehead atoms. The van der Waals surface area contributed by atoms with Gasteiger partial charge in [0.25, 0.3) is 0 Å². The molecule has 1 amide bonds. The molecule has 0 spiro atoms. The van der Waals surface area contributed by atoms with Gasteiger partial charge in [0.2, 0.25) is 5.91 Å². The fourth-order valence-electron chi connectivity index (χ4n) is 1.25. The molecule has 3 unspecified atom stereocenters. The summed E-state index contributed by atoms with van der Waals surface area (Å²) in [5.41, 5.74) is 5.60. The monoisotopic (exact) mass is 170 g/mol. The summed E-state index contributed by atoms with van der Waals surface area (Å²) in [6, 6.07) is 0.467. The molecule has 1 aliphatic rings. The van der Waals surface area contributed by atoms with Crippen LogP contribution in [0.5, 0.6) is 0 Å². The minimum Gasteiger partial charge on any atom is -0.343 e. The Bertz CT molecular complexity index is 181. The Balaban J connectivity index is 2.41. The van der Waals surface area contributed by atoms with E-state index in [1.165, 1.54) is 0 Å². The minimum atomic E-state index is 0.115. The molecule has 1 aliphatic carbocycles. The topological polar surface area (TPSA) is 46.3 Å². The first-order valence-electron chi connectivity index (χ1n) is 4.60. The standard InChI is InChI=1S/C9H18N2O/c1-4-6(2)11(3)9(12)7-5-8(7)10/h6-8H,4-5,10H2,1-3H3. The summed E-state index contributed by atoms with van der Waals surface area (Å²) < 4.78 is 0. The van der Waals surface area contributed by atoms with Gasteiger partial charge >= 0.3 is 0 Å². The summed E-state index contributed by atoms with van der Waals surface area (Å²) in [4.78, 5) is 13.4. The Morgan fingerprint density at radius 1 is 1.75 bits per heavy atom. The molecule has 70 valence electrons. The van der Waals surface area contributed by atoms with Crippen LogP contribution in [-0.4, -0.2) is 29.9 Å². The molecule has 12 heavy (non-hydrogen) atoms. The van der Waals surface area contributed by atoms with Crippen molar-refractivity contribution in [1.82, 2.24) is 4.90 Å². The van der Waals surface area contributed by atoms with Crippen molar-refractivity contribution in [1.29, 1.82) is 0 Å². The highest BCUT2D eigenvalue weighted by Crippen LogP contribution is 2.30. The summed E-state index contributed by atoms with van der Waals surface area (Å²) in [5, 5.41) is 0. The SMILES string of the molecule is CCC(C)N(C)C(=O)C1CC1N. The van der Waals surface area contributed by atoms with Gasteiger partial charge in [0, 0.05) is 19.1 Å². The molecule has 1 rings (SSSR count). The van der Waals surface area contributed by atoms with E-state index in [0.717, 1.165) is 12.8 Å². The van der Waals surface area contributed by atoms with Gasteiger partial charge in [-0.25, -0.2) is 0 Å². The second-order valence-electron chi connectivity index (χ2n) is 3.71. The zero-order chi connectivity index (χ0) is 9.30. The van der Waals surface area contributed by atoms with E-state index in [4.69, 9.17) is 5.73 Å². The predicted octanol–water partition coefficient (Wildman–Crippen LogP) is 0.591. The first kappa shape index (κ1) is 9.52. The zero-order valence-corrected chi connectivity index (χ0v) is 8.08. The minimum absolute atomic E-state index is 0.115. The van der Waals surface area contributed by atoms with Crippen molar-refractivity contribution in [3.8, 4) is 0 Å². The first-order valence-corrected chi connectivity index (χ1v) is 4.60. The molecular weight excluding hydrogens is 152 g/mol. The normalized spacial score (nSPS) is 29.7. The van der Waals surface area contributed by atoms with E-state index in [1.54, 1.807) is 0 Å². The van der Waals surface area contributed by atoms with Crippen LogP contribution in [0.4, 0.5) is 0 Å². The summed E-state index contributed by atoms with van der Waals surface area (Å²) in [6.07, 6.45) is 1.88. The van der Waals surface area contributed by atoms with Gasteiger partial charge in [-0.2, -0.15) is 0 Å². The van der Waals surface area contributed by atoms with E-state index >= 15 is 0 Å². The predicted molar refractivity (Wildman–Crippen MR) is 48.6 cm³/mol. The lowest BCUT2D eigenvalue weighted by Gasteiger charge is -2.23. The Labute approximate surface area is 73.9 Å². The van der Waals surface area contributed by atoms with E-state index in [-0.39, 0.29) is 17.9 Å². The van der Waals surface area contributed by atoms with Crippen molar-refractivity contribution in [3.05, 3.63) is 0 Å². The van der Waals surface area contributed by atoms with Crippen LogP contribution in [0.1, 0.15) is 26.7 Å². The Morgan fingerprint density at radius 3 is 2.58 bits per heavy atom. The van der Waals surface area contributed by atoms with Crippen molar-refractivity contribution in [2.24, 2.45) is 11.7 Å². The maximum Gasteiger partial charge on any atom is 0.227 e. The molecule has 0 aromatic heterocycles. The molecule has 0 aromatic rings. The largest absolute Gasteiger partial charge is 0.343 e. The highest BCUT2D eigenvalue weighted by atomic mass is 16.2. The number of amides is 1. The van der Waals surface area contributed by atoms with Crippen LogP contribution in [0.2, 0.25) is 0 Å². The van der Waals surface area contributed by atoms with Crippen LogP contribution >= 0.6 is 0 Å². The molecule has 0 aromatic carbocycles. The average Bonchev–Trinajstić information content (AvgIpc) is 2.78. The van der Waals surface area contributed by atoms with Gasteiger partial charge in [-0.05, 0) is 19.8 Å². The number of carbonyl (C=O) groups is 1. The van der Waals surface area contributed by atoms with Gasteiger partial charge in [-0.3, -0.25) is 4.79 Å². The summed E-state index contributed by atoms with van der Waals surface area (Å²) in [6.45, 7) is 4.15. The number of carbonyl (C=O) groups excluding carboxylic acids is 1. The van der Waals surface area contributed by atoms with E-state index in [2.05, 4.69) is 13.8 Å². The molecule has 3 atom stereocenters. The van der Waals surface area contributed by atoms with Crippen molar-refractivity contribution >= 4 is 5.91 Å². The van der Waals surface area contributed by atoms with Crippen molar-refractivity contribution in [2.45, 2.75) is 38.8 Å². The highest BCUT2D eigenvalue weighted by Gasteiger charge is 2.42. The Morgan fingerprint density at radius 2 is 2.25 bits per heavy atom. The lowest BCUT2D eigenvalue weighted by molar-refractivity contribution is -0.133. The van der Waals surface area contributed by atoms with Gasteiger partial charge in [0.1, 0.15) is 0 Å². The fraction of sp³-hybridized carbons (Fsp3) is 0.889. The van der Waals surface area contributed by atoms with E-state index in [9.17, 15) is 4.79 Å². The van der Waals surface area contributed by atoms with Crippen molar-refractivity contribution in [2.75, 3.05) is 7.05 Å². The number of hydrogen-bond donors (Lipinski definition) is 1.